The maximum absolute atomic E-state index is 13.9. The average Bonchev–Trinajstić information content (AvgIpc) is 4.10. The molecule has 3 rings (SSSR count). The zero-order valence-corrected chi connectivity index (χ0v) is 41.5. The summed E-state index contributed by atoms with van der Waals surface area (Å²) in [5, 5.41) is 39.5. The SMILES string of the molecule is CC[C@H](C)[C@H](NC(=O)[C@@H](NC(=O)[C@H](C)NC(=O)[C@H](C)NC(=O)[C@H](CC(C)C)NC(=O)[C@@H]1CCCN1C(=O)[C@@H]1CCCN1C(=O)[C@@H]1CCCN1)C(C)C)C(=O)N[C@@H](CCC(=O)O)C(=O)N[C@@H](C)C(=O)O. The summed E-state index contributed by atoms with van der Waals surface area (Å²) < 4.78 is 0. The zero-order valence-electron chi connectivity index (χ0n) is 41.5. The lowest BCUT2D eigenvalue weighted by Gasteiger charge is -2.33. The first-order valence-corrected chi connectivity index (χ1v) is 24.3. The van der Waals surface area contributed by atoms with Crippen molar-refractivity contribution in [1.82, 2.24) is 52.3 Å². The van der Waals surface area contributed by atoms with Crippen LogP contribution in [0.4, 0.5) is 0 Å². The number of nitrogens with zero attached hydrogens (tertiary/aromatic N) is 2. The maximum atomic E-state index is 13.9. The van der Waals surface area contributed by atoms with E-state index < -0.39 is 126 Å². The standard InChI is InChI=1S/C46H76N10O13/c1-10-25(6)36(43(65)51-29(17-18-34(57)58)39(61)50-28(9)46(68)69)54-42(64)35(24(4)5)53-38(60)27(8)48-37(59)26(7)49-40(62)31(22-23(2)3)52-41(63)32-15-12-20-55(32)45(67)33-16-13-21-56(33)44(66)30-14-11-19-47-30/h23-33,35-36,47H,10-22H2,1-9H3,(H,48,59)(H,49,62)(H,50,61)(H,51,65)(H,52,63)(H,53,60)(H,54,64)(H,57,58)(H,68,69)/t25-,26-,27-,28-,29-,30-,31-,32-,33-,35-,36-/m0/s1. The van der Waals surface area contributed by atoms with Crippen LogP contribution in [0.25, 0.3) is 0 Å². The Balaban J connectivity index is 1.63. The molecule has 9 amide bonds. The summed E-state index contributed by atoms with van der Waals surface area (Å²) in [5.74, 6) is -9.45. The first-order valence-electron chi connectivity index (χ1n) is 24.3. The van der Waals surface area contributed by atoms with Gasteiger partial charge in [-0.25, -0.2) is 0 Å². The lowest BCUT2D eigenvalue weighted by atomic mass is 9.95. The molecule has 3 heterocycles. The maximum Gasteiger partial charge on any atom is 0.325 e. The number of hydrogen-bond acceptors (Lipinski definition) is 12. The molecule has 3 aliphatic heterocycles. The predicted molar refractivity (Wildman–Crippen MR) is 249 cm³/mol. The van der Waals surface area contributed by atoms with Crippen LogP contribution in [-0.4, -0.2) is 165 Å². The van der Waals surface area contributed by atoms with E-state index >= 15 is 0 Å². The summed E-state index contributed by atoms with van der Waals surface area (Å²) in [6.45, 7) is 15.9. The molecule has 3 saturated heterocycles. The van der Waals surface area contributed by atoms with Gasteiger partial charge in [0.2, 0.25) is 53.2 Å². The molecule has 0 aromatic heterocycles. The first-order chi connectivity index (χ1) is 32.4. The topological polar surface area (TPSA) is 331 Å². The molecule has 23 nitrogen and oxygen atoms in total. The number of rotatable bonds is 25. The fourth-order valence-corrected chi connectivity index (χ4v) is 8.56. The summed E-state index contributed by atoms with van der Waals surface area (Å²) in [5.41, 5.74) is 0. The minimum Gasteiger partial charge on any atom is -0.481 e. The summed E-state index contributed by atoms with van der Waals surface area (Å²) in [6, 6.07) is -10.7. The molecule has 10 N–H and O–H groups in total. The third-order valence-electron chi connectivity index (χ3n) is 12.9. The van der Waals surface area contributed by atoms with Crippen LogP contribution in [0.5, 0.6) is 0 Å². The number of carbonyl (C=O) groups is 11. The van der Waals surface area contributed by atoms with Crippen molar-refractivity contribution >= 4 is 65.1 Å². The number of carboxylic acid groups (broad SMARTS) is 2. The number of nitrogens with one attached hydrogen (secondary N) is 8. The van der Waals surface area contributed by atoms with Crippen LogP contribution in [0, 0.1) is 17.8 Å². The Bertz CT molecular complexity index is 1890. The largest absolute Gasteiger partial charge is 0.481 e. The van der Waals surface area contributed by atoms with E-state index in [4.69, 9.17) is 0 Å². The first kappa shape index (κ1) is 57.4. The Labute approximate surface area is 403 Å². The number of aliphatic carboxylic acids is 2. The zero-order chi connectivity index (χ0) is 51.9. The molecule has 0 aliphatic carbocycles. The van der Waals surface area contributed by atoms with E-state index in [1.165, 1.54) is 25.7 Å². The molecule has 3 aliphatic rings. The van der Waals surface area contributed by atoms with E-state index in [9.17, 15) is 63.0 Å². The summed E-state index contributed by atoms with van der Waals surface area (Å²) in [4.78, 5) is 148. The Kier molecular flexibility index (Phi) is 22.3. The molecule has 0 spiro atoms. The molecule has 23 heteroatoms. The van der Waals surface area contributed by atoms with Gasteiger partial charge in [0.15, 0.2) is 0 Å². The molecule has 0 bridgehead atoms. The van der Waals surface area contributed by atoms with Crippen LogP contribution in [0.2, 0.25) is 0 Å². The Hall–Kier alpha value is -5.87. The smallest absolute Gasteiger partial charge is 0.325 e. The van der Waals surface area contributed by atoms with Gasteiger partial charge in [-0.05, 0) is 96.4 Å². The molecule has 0 aromatic carbocycles. The highest BCUT2D eigenvalue weighted by Gasteiger charge is 2.44. The lowest BCUT2D eigenvalue weighted by molar-refractivity contribution is -0.147. The number of hydrogen-bond donors (Lipinski definition) is 10. The van der Waals surface area contributed by atoms with E-state index in [0.717, 1.165) is 13.0 Å². The monoisotopic (exact) mass is 977 g/mol. The quantitative estimate of drug-likeness (QED) is 0.0518. The Morgan fingerprint density at radius 3 is 1.62 bits per heavy atom. The second kappa shape index (κ2) is 26.8. The highest BCUT2D eigenvalue weighted by Crippen LogP contribution is 2.27. The average molecular weight is 977 g/mol. The van der Waals surface area contributed by atoms with Crippen LogP contribution in [0.3, 0.4) is 0 Å². The van der Waals surface area contributed by atoms with Crippen LogP contribution in [-0.2, 0) is 52.7 Å². The van der Waals surface area contributed by atoms with E-state index in [1.54, 1.807) is 32.6 Å². The van der Waals surface area contributed by atoms with Gasteiger partial charge in [-0.15, -0.1) is 0 Å². The highest BCUT2D eigenvalue weighted by molar-refractivity contribution is 5.98. The van der Waals surface area contributed by atoms with Gasteiger partial charge in [0.1, 0.15) is 54.4 Å². The van der Waals surface area contributed by atoms with Gasteiger partial charge in [0, 0.05) is 19.5 Å². The molecule has 11 atom stereocenters. The number of carboxylic acids is 2. The third-order valence-corrected chi connectivity index (χ3v) is 12.9. The molecule has 3 fully saturated rings. The van der Waals surface area contributed by atoms with E-state index in [-0.39, 0.29) is 36.6 Å². The van der Waals surface area contributed by atoms with Crippen molar-refractivity contribution in [2.75, 3.05) is 19.6 Å². The molecule has 0 aromatic rings. The number of carbonyl (C=O) groups excluding carboxylic acids is 9. The van der Waals surface area contributed by atoms with Gasteiger partial charge in [0.25, 0.3) is 0 Å². The predicted octanol–water partition coefficient (Wildman–Crippen LogP) is -1.13. The second-order valence-electron chi connectivity index (χ2n) is 19.3. The van der Waals surface area contributed by atoms with Crippen molar-refractivity contribution in [3.8, 4) is 0 Å². The minimum absolute atomic E-state index is 0.0694. The van der Waals surface area contributed by atoms with Gasteiger partial charge in [-0.1, -0.05) is 48.0 Å². The van der Waals surface area contributed by atoms with Crippen LogP contribution < -0.4 is 42.5 Å². The summed E-state index contributed by atoms with van der Waals surface area (Å²) in [7, 11) is 0. The molecular formula is C46H76N10O13. The fourth-order valence-electron chi connectivity index (χ4n) is 8.56. The van der Waals surface area contributed by atoms with Crippen molar-refractivity contribution < 1.29 is 63.0 Å². The van der Waals surface area contributed by atoms with Gasteiger partial charge in [-0.3, -0.25) is 52.7 Å². The van der Waals surface area contributed by atoms with Crippen LogP contribution in [0.15, 0.2) is 0 Å². The minimum atomic E-state index is -1.46. The second-order valence-corrected chi connectivity index (χ2v) is 19.3. The van der Waals surface area contributed by atoms with E-state index in [1.807, 2.05) is 13.8 Å². The van der Waals surface area contributed by atoms with Gasteiger partial charge >= 0.3 is 11.9 Å². The van der Waals surface area contributed by atoms with Crippen molar-refractivity contribution in [2.45, 2.75) is 187 Å². The normalized spacial score (nSPS) is 21.4. The van der Waals surface area contributed by atoms with Gasteiger partial charge in [0.05, 0.1) is 6.04 Å². The third kappa shape index (κ3) is 16.7. The van der Waals surface area contributed by atoms with Gasteiger partial charge < -0.3 is 62.5 Å². The molecule has 69 heavy (non-hydrogen) atoms. The van der Waals surface area contributed by atoms with Crippen molar-refractivity contribution in [3.05, 3.63) is 0 Å². The van der Waals surface area contributed by atoms with Crippen molar-refractivity contribution in [3.63, 3.8) is 0 Å². The van der Waals surface area contributed by atoms with Crippen molar-refractivity contribution in [1.29, 1.82) is 0 Å². The molecule has 0 radical (unpaired) electrons. The van der Waals surface area contributed by atoms with Crippen LogP contribution in [0.1, 0.15) is 127 Å². The molecule has 388 valence electrons. The lowest BCUT2D eigenvalue weighted by Crippen LogP contribution is -2.61. The fraction of sp³-hybridized carbons (Fsp3) is 0.761. The van der Waals surface area contributed by atoms with E-state index in [0.29, 0.717) is 51.6 Å². The Morgan fingerprint density at radius 2 is 1.09 bits per heavy atom. The molecular weight excluding hydrogens is 901 g/mol. The highest BCUT2D eigenvalue weighted by atomic mass is 16.4. The molecule has 0 saturated carbocycles. The number of likely N-dealkylation sites (tertiary alicyclic amines) is 2. The summed E-state index contributed by atoms with van der Waals surface area (Å²) >= 11 is 0. The summed E-state index contributed by atoms with van der Waals surface area (Å²) in [6.07, 6.45) is 3.35. The van der Waals surface area contributed by atoms with E-state index in [2.05, 4.69) is 42.5 Å². The molecule has 0 unspecified atom stereocenters. The van der Waals surface area contributed by atoms with Gasteiger partial charge in [-0.2, -0.15) is 0 Å². The Morgan fingerprint density at radius 1 is 0.565 bits per heavy atom. The van der Waals surface area contributed by atoms with Crippen molar-refractivity contribution in [2.24, 2.45) is 17.8 Å². The number of amides is 9. The van der Waals surface area contributed by atoms with Crippen LogP contribution >= 0.6 is 0 Å².